The Hall–Kier alpha value is -1.64. The van der Waals surface area contributed by atoms with E-state index in [-0.39, 0.29) is 19.1 Å². The van der Waals surface area contributed by atoms with Crippen LogP contribution in [0.15, 0.2) is 54.6 Å². The van der Waals surface area contributed by atoms with E-state index in [4.69, 9.17) is 10.2 Å². The molecule has 0 atom stereocenters. The Labute approximate surface area is 133 Å². The highest BCUT2D eigenvalue weighted by molar-refractivity contribution is 5.24. The number of aliphatic hydroxyl groups excluding tert-OH is 2. The fourth-order valence-corrected chi connectivity index (χ4v) is 2.64. The second-order valence-corrected chi connectivity index (χ2v) is 5.93. The minimum atomic E-state index is 0.0325. The smallest absolute Gasteiger partial charge is 0.0481 e. The average molecular weight is 298 g/mol. The van der Waals surface area contributed by atoms with E-state index in [1.807, 2.05) is 0 Å². The molecule has 2 nitrogen and oxygen atoms in total. The predicted octanol–water partition coefficient (Wildman–Crippen LogP) is 3.40. The molecule has 0 aliphatic rings. The third-order valence-corrected chi connectivity index (χ3v) is 4.16. The zero-order valence-corrected chi connectivity index (χ0v) is 13.1. The molecule has 118 valence electrons. The highest BCUT2D eigenvalue weighted by Crippen LogP contribution is 2.13. The maximum atomic E-state index is 9.05. The summed E-state index contributed by atoms with van der Waals surface area (Å²) in [5.41, 5.74) is 4.08. The van der Waals surface area contributed by atoms with Gasteiger partial charge in [-0.1, -0.05) is 54.6 Å². The van der Waals surface area contributed by atoms with Crippen molar-refractivity contribution in [2.45, 2.75) is 32.1 Å². The van der Waals surface area contributed by atoms with Crippen LogP contribution in [0.2, 0.25) is 0 Å². The van der Waals surface area contributed by atoms with Crippen molar-refractivity contribution in [2.24, 2.45) is 5.92 Å². The van der Waals surface area contributed by atoms with Gasteiger partial charge in [-0.3, -0.25) is 0 Å². The molecule has 0 aliphatic heterocycles. The van der Waals surface area contributed by atoms with E-state index in [1.165, 1.54) is 16.7 Å². The van der Waals surface area contributed by atoms with Crippen LogP contribution in [0.5, 0.6) is 0 Å². The fourth-order valence-electron chi connectivity index (χ4n) is 2.64. The van der Waals surface area contributed by atoms with Crippen LogP contribution >= 0.6 is 0 Å². The quantitative estimate of drug-likeness (QED) is 0.745. The summed E-state index contributed by atoms with van der Waals surface area (Å²) in [5.74, 6) is 0.0325. The summed E-state index contributed by atoms with van der Waals surface area (Å²) in [6.07, 6.45) is 5.05. The summed E-state index contributed by atoms with van der Waals surface area (Å²) >= 11 is 0. The fraction of sp³-hybridized carbons (Fsp3) is 0.400. The van der Waals surface area contributed by atoms with Gasteiger partial charge in [-0.25, -0.2) is 0 Å². The summed E-state index contributed by atoms with van der Waals surface area (Å²) in [4.78, 5) is 0. The molecule has 2 aromatic rings. The molecule has 0 heterocycles. The molecule has 2 aromatic carbocycles. The van der Waals surface area contributed by atoms with Crippen molar-refractivity contribution >= 4 is 0 Å². The van der Waals surface area contributed by atoms with Gasteiger partial charge in [0.1, 0.15) is 0 Å². The highest BCUT2D eigenvalue weighted by Gasteiger charge is 2.05. The standard InChI is InChI=1S/C20H26O2/c21-15-20(16-22)8-4-7-18-10-13-19(14-11-18)12-9-17-5-2-1-3-6-17/h1-3,5-6,10-11,13-14,20-22H,4,7-9,12,15-16H2. The van der Waals surface area contributed by atoms with Crippen molar-refractivity contribution in [1.82, 2.24) is 0 Å². The van der Waals surface area contributed by atoms with Gasteiger partial charge >= 0.3 is 0 Å². The third kappa shape index (κ3) is 5.63. The lowest BCUT2D eigenvalue weighted by molar-refractivity contribution is 0.142. The molecule has 0 aliphatic carbocycles. The molecule has 0 spiro atoms. The zero-order chi connectivity index (χ0) is 15.6. The summed E-state index contributed by atoms with van der Waals surface area (Å²) in [6, 6.07) is 19.4. The molecule has 0 amide bonds. The maximum Gasteiger partial charge on any atom is 0.0481 e. The van der Waals surface area contributed by atoms with Crippen LogP contribution in [-0.2, 0) is 19.3 Å². The largest absolute Gasteiger partial charge is 0.396 e. The Bertz CT molecular complexity index is 515. The normalized spacial score (nSPS) is 11.0. The molecule has 2 heteroatoms. The van der Waals surface area contributed by atoms with Crippen LogP contribution in [0.4, 0.5) is 0 Å². The first kappa shape index (κ1) is 16.7. The molecular weight excluding hydrogens is 272 g/mol. The molecule has 0 saturated heterocycles. The summed E-state index contributed by atoms with van der Waals surface area (Å²) in [6.45, 7) is 0.157. The summed E-state index contributed by atoms with van der Waals surface area (Å²) in [7, 11) is 0. The first-order valence-corrected chi connectivity index (χ1v) is 8.15. The van der Waals surface area contributed by atoms with Crippen LogP contribution in [0.3, 0.4) is 0 Å². The summed E-state index contributed by atoms with van der Waals surface area (Å²) < 4.78 is 0. The van der Waals surface area contributed by atoms with Gasteiger partial charge in [0.15, 0.2) is 0 Å². The molecular formula is C20H26O2. The van der Waals surface area contributed by atoms with Gasteiger partial charge in [-0.05, 0) is 48.8 Å². The number of benzene rings is 2. The SMILES string of the molecule is OCC(CO)CCCc1ccc(CCc2ccccc2)cc1. The average Bonchev–Trinajstić information content (AvgIpc) is 2.59. The number of aryl methyl sites for hydroxylation is 3. The molecule has 0 saturated carbocycles. The molecule has 0 bridgehead atoms. The van der Waals surface area contributed by atoms with Gasteiger partial charge in [-0.2, -0.15) is 0 Å². The molecule has 0 unspecified atom stereocenters. The van der Waals surface area contributed by atoms with Crippen molar-refractivity contribution in [2.75, 3.05) is 13.2 Å². The molecule has 22 heavy (non-hydrogen) atoms. The van der Waals surface area contributed by atoms with Gasteiger partial charge in [-0.15, -0.1) is 0 Å². The van der Waals surface area contributed by atoms with E-state index in [9.17, 15) is 0 Å². The van der Waals surface area contributed by atoms with Crippen molar-refractivity contribution in [3.8, 4) is 0 Å². The highest BCUT2D eigenvalue weighted by atomic mass is 16.3. The van der Waals surface area contributed by atoms with Gasteiger partial charge in [0.05, 0.1) is 0 Å². The Kier molecular flexibility index (Phi) is 7.14. The Balaban J connectivity index is 1.75. The van der Waals surface area contributed by atoms with Crippen LogP contribution in [-0.4, -0.2) is 23.4 Å². The number of aliphatic hydroxyl groups is 2. The third-order valence-electron chi connectivity index (χ3n) is 4.16. The first-order chi connectivity index (χ1) is 10.8. The lowest BCUT2D eigenvalue weighted by Gasteiger charge is -2.10. The van der Waals surface area contributed by atoms with E-state index < -0.39 is 0 Å². The zero-order valence-electron chi connectivity index (χ0n) is 13.1. The monoisotopic (exact) mass is 298 g/mol. The van der Waals surface area contributed by atoms with E-state index >= 15 is 0 Å². The Morgan fingerprint density at radius 3 is 1.68 bits per heavy atom. The van der Waals surface area contributed by atoms with E-state index in [0.29, 0.717) is 0 Å². The molecule has 2 N–H and O–H groups in total. The molecule has 0 radical (unpaired) electrons. The van der Waals surface area contributed by atoms with Crippen molar-refractivity contribution in [1.29, 1.82) is 0 Å². The summed E-state index contributed by atoms with van der Waals surface area (Å²) in [5, 5.41) is 18.1. The van der Waals surface area contributed by atoms with Crippen molar-refractivity contribution in [3.63, 3.8) is 0 Å². The van der Waals surface area contributed by atoms with Crippen LogP contribution in [0.25, 0.3) is 0 Å². The number of hydrogen-bond acceptors (Lipinski definition) is 2. The van der Waals surface area contributed by atoms with Crippen LogP contribution in [0.1, 0.15) is 29.5 Å². The predicted molar refractivity (Wildman–Crippen MR) is 90.9 cm³/mol. The van der Waals surface area contributed by atoms with Crippen LogP contribution < -0.4 is 0 Å². The second-order valence-electron chi connectivity index (χ2n) is 5.93. The first-order valence-electron chi connectivity index (χ1n) is 8.15. The minimum Gasteiger partial charge on any atom is -0.396 e. The Morgan fingerprint density at radius 2 is 1.14 bits per heavy atom. The van der Waals surface area contributed by atoms with E-state index in [1.54, 1.807) is 0 Å². The van der Waals surface area contributed by atoms with E-state index in [0.717, 1.165) is 32.1 Å². The molecule has 0 aromatic heterocycles. The van der Waals surface area contributed by atoms with Crippen molar-refractivity contribution < 1.29 is 10.2 Å². The Morgan fingerprint density at radius 1 is 0.636 bits per heavy atom. The topological polar surface area (TPSA) is 40.5 Å². The maximum absolute atomic E-state index is 9.05. The lowest BCUT2D eigenvalue weighted by atomic mass is 9.99. The molecule has 2 rings (SSSR count). The molecule has 0 fully saturated rings. The van der Waals surface area contributed by atoms with Gasteiger partial charge < -0.3 is 10.2 Å². The van der Waals surface area contributed by atoms with Gasteiger partial charge in [0, 0.05) is 19.1 Å². The number of rotatable bonds is 9. The lowest BCUT2D eigenvalue weighted by Crippen LogP contribution is -2.10. The second kappa shape index (κ2) is 9.39. The van der Waals surface area contributed by atoms with Crippen molar-refractivity contribution in [3.05, 3.63) is 71.3 Å². The van der Waals surface area contributed by atoms with E-state index in [2.05, 4.69) is 54.6 Å². The minimum absolute atomic E-state index is 0.0325. The number of hydrogen-bond donors (Lipinski definition) is 2. The van der Waals surface area contributed by atoms with Gasteiger partial charge in [0.25, 0.3) is 0 Å². The van der Waals surface area contributed by atoms with Crippen LogP contribution in [0, 0.1) is 5.92 Å². The van der Waals surface area contributed by atoms with Gasteiger partial charge in [0.2, 0.25) is 0 Å².